The molecule has 18 heavy (non-hydrogen) atoms. The number of rotatable bonds is 0. The van der Waals surface area contributed by atoms with Crippen LogP contribution >= 0.6 is 57.4 Å². The zero-order chi connectivity index (χ0) is 13.7. The van der Waals surface area contributed by atoms with Gasteiger partial charge in [0.1, 0.15) is 5.15 Å². The summed E-state index contributed by atoms with van der Waals surface area (Å²) < 4.78 is 38.4. The number of fused-ring (bicyclic) bond motifs is 1. The number of halogens is 7. The van der Waals surface area contributed by atoms with E-state index in [1.165, 1.54) is 0 Å². The molecule has 0 atom stereocenters. The highest BCUT2D eigenvalue weighted by Crippen LogP contribution is 2.41. The molecular weight excluding hydrogens is 426 g/mol. The molecule has 2 nitrogen and oxygen atoms in total. The van der Waals surface area contributed by atoms with Gasteiger partial charge in [0.25, 0.3) is 0 Å². The van der Waals surface area contributed by atoms with Crippen LogP contribution in [0.3, 0.4) is 0 Å². The van der Waals surface area contributed by atoms with Crippen molar-refractivity contribution in [2.45, 2.75) is 6.18 Å². The van der Waals surface area contributed by atoms with Gasteiger partial charge in [0.2, 0.25) is 5.28 Å². The van der Waals surface area contributed by atoms with Crippen LogP contribution in [0.25, 0.3) is 10.9 Å². The van der Waals surface area contributed by atoms with Gasteiger partial charge in [-0.25, -0.2) is 9.97 Å². The first-order valence-electron chi connectivity index (χ1n) is 4.29. The van der Waals surface area contributed by atoms with Crippen LogP contribution in [0.2, 0.25) is 15.5 Å². The second kappa shape index (κ2) is 4.81. The van der Waals surface area contributed by atoms with Crippen LogP contribution in [0.1, 0.15) is 5.56 Å². The fraction of sp³-hybridized carbons (Fsp3) is 0.111. The molecule has 0 fully saturated rings. The molecule has 1 heterocycles. The van der Waals surface area contributed by atoms with Crippen LogP contribution in [0.15, 0.2) is 6.07 Å². The van der Waals surface area contributed by atoms with Gasteiger partial charge in [-0.2, -0.15) is 13.2 Å². The molecule has 0 amide bonds. The molecule has 2 aromatic rings. The summed E-state index contributed by atoms with van der Waals surface area (Å²) in [5.74, 6) is 0. The molecule has 0 aliphatic rings. The van der Waals surface area contributed by atoms with Gasteiger partial charge in [-0.15, -0.1) is 0 Å². The molecule has 0 spiro atoms. The fourth-order valence-electron chi connectivity index (χ4n) is 1.35. The van der Waals surface area contributed by atoms with Gasteiger partial charge in [0.05, 0.1) is 19.7 Å². The van der Waals surface area contributed by atoms with Crippen molar-refractivity contribution in [1.82, 2.24) is 9.97 Å². The Labute approximate surface area is 128 Å². The molecule has 0 N–H and O–H groups in total. The normalized spacial score (nSPS) is 12.2. The summed E-state index contributed by atoms with van der Waals surface area (Å²) in [6.45, 7) is 0. The zero-order valence-corrected chi connectivity index (χ0v) is 12.5. The molecule has 2 rings (SSSR count). The lowest BCUT2D eigenvalue weighted by Crippen LogP contribution is -2.07. The Balaban J connectivity index is 2.93. The summed E-state index contributed by atoms with van der Waals surface area (Å²) in [6.07, 6.45) is -4.58. The number of hydrogen-bond acceptors (Lipinski definition) is 2. The van der Waals surface area contributed by atoms with Crippen molar-refractivity contribution in [3.63, 3.8) is 0 Å². The maximum atomic E-state index is 12.8. The van der Waals surface area contributed by atoms with Crippen LogP contribution in [0, 0.1) is 3.57 Å². The van der Waals surface area contributed by atoms with E-state index in [4.69, 9.17) is 34.8 Å². The summed E-state index contributed by atoms with van der Waals surface area (Å²) in [7, 11) is 0. The maximum Gasteiger partial charge on any atom is 0.417 e. The fourth-order valence-corrected chi connectivity index (χ4v) is 2.74. The summed E-state index contributed by atoms with van der Waals surface area (Å²) in [5, 5.41) is -0.671. The molecule has 0 saturated heterocycles. The Morgan fingerprint density at radius 3 is 2.28 bits per heavy atom. The van der Waals surface area contributed by atoms with E-state index in [-0.39, 0.29) is 24.9 Å². The predicted octanol–water partition coefficient (Wildman–Crippen LogP) is 5.21. The molecule has 0 unspecified atom stereocenters. The maximum absolute atomic E-state index is 12.8. The highest BCUT2D eigenvalue weighted by molar-refractivity contribution is 14.1. The molecule has 0 bridgehead atoms. The van der Waals surface area contributed by atoms with Crippen molar-refractivity contribution in [3.05, 3.63) is 30.7 Å². The van der Waals surface area contributed by atoms with Gasteiger partial charge in [0, 0.05) is 5.39 Å². The highest BCUT2D eigenvalue weighted by Gasteiger charge is 2.35. The average Bonchev–Trinajstić information content (AvgIpc) is 2.22. The lowest BCUT2D eigenvalue weighted by Gasteiger charge is -2.12. The molecule has 96 valence electrons. The van der Waals surface area contributed by atoms with Gasteiger partial charge in [-0.1, -0.05) is 23.2 Å². The first kappa shape index (κ1) is 14.4. The summed E-state index contributed by atoms with van der Waals surface area (Å²) >= 11 is 18.7. The molecule has 0 aliphatic heterocycles. The van der Waals surface area contributed by atoms with Crippen LogP contribution < -0.4 is 0 Å². The van der Waals surface area contributed by atoms with Crippen molar-refractivity contribution in [3.8, 4) is 0 Å². The van der Waals surface area contributed by atoms with Crippen LogP contribution in [0.5, 0.6) is 0 Å². The molecule has 0 saturated carbocycles. The quantitative estimate of drug-likeness (QED) is 0.328. The van der Waals surface area contributed by atoms with Crippen molar-refractivity contribution >= 4 is 68.3 Å². The standard InChI is InChI=1S/C9HCl3F3IN2/c10-4-3(9(13,14)15)1-2-6(5(4)16)17-8(12)18-7(2)11/h1H. The number of alkyl halides is 3. The minimum absolute atomic E-state index is 0.0576. The third kappa shape index (κ3) is 2.48. The summed E-state index contributed by atoms with van der Waals surface area (Å²) in [5.41, 5.74) is -0.785. The van der Waals surface area contributed by atoms with E-state index in [1.807, 2.05) is 0 Å². The van der Waals surface area contributed by atoms with Crippen molar-refractivity contribution in [2.24, 2.45) is 0 Å². The highest BCUT2D eigenvalue weighted by atomic mass is 127. The van der Waals surface area contributed by atoms with Crippen LogP contribution in [-0.2, 0) is 6.18 Å². The van der Waals surface area contributed by atoms with E-state index < -0.39 is 16.8 Å². The molecule has 0 radical (unpaired) electrons. The summed E-state index contributed by atoms with van der Waals surface area (Å²) in [4.78, 5) is 7.43. The first-order chi connectivity index (χ1) is 8.21. The molecule has 1 aromatic heterocycles. The average molecular weight is 427 g/mol. The Bertz CT molecular complexity index is 645. The number of benzene rings is 1. The smallest absolute Gasteiger partial charge is 0.217 e. The Morgan fingerprint density at radius 1 is 1.11 bits per heavy atom. The van der Waals surface area contributed by atoms with Gasteiger partial charge in [-0.05, 0) is 40.3 Å². The van der Waals surface area contributed by atoms with E-state index in [2.05, 4.69) is 9.97 Å². The predicted molar refractivity (Wildman–Crippen MR) is 72.3 cm³/mol. The van der Waals surface area contributed by atoms with E-state index in [0.717, 1.165) is 6.07 Å². The Kier molecular flexibility index (Phi) is 3.84. The van der Waals surface area contributed by atoms with Gasteiger partial charge in [-0.3, -0.25) is 0 Å². The third-order valence-corrected chi connectivity index (χ3v) is 4.32. The van der Waals surface area contributed by atoms with E-state index in [1.54, 1.807) is 22.6 Å². The third-order valence-electron chi connectivity index (χ3n) is 2.10. The number of hydrogen-bond donors (Lipinski definition) is 0. The second-order valence-electron chi connectivity index (χ2n) is 3.23. The van der Waals surface area contributed by atoms with E-state index >= 15 is 0 Å². The number of aromatic nitrogens is 2. The molecular formula is C9HCl3F3IN2. The Morgan fingerprint density at radius 2 is 1.72 bits per heavy atom. The van der Waals surface area contributed by atoms with Crippen molar-refractivity contribution < 1.29 is 13.2 Å². The molecule has 0 aliphatic carbocycles. The largest absolute Gasteiger partial charge is 0.417 e. The zero-order valence-electron chi connectivity index (χ0n) is 8.12. The number of nitrogens with zero attached hydrogens (tertiary/aromatic N) is 2. The topological polar surface area (TPSA) is 25.8 Å². The van der Waals surface area contributed by atoms with Crippen molar-refractivity contribution in [1.29, 1.82) is 0 Å². The van der Waals surface area contributed by atoms with Crippen LogP contribution in [-0.4, -0.2) is 9.97 Å². The lowest BCUT2D eigenvalue weighted by atomic mass is 10.1. The SMILES string of the molecule is FC(F)(F)c1cc2c(Cl)nc(Cl)nc2c(I)c1Cl. The minimum Gasteiger partial charge on any atom is -0.217 e. The molecule has 1 aromatic carbocycles. The van der Waals surface area contributed by atoms with E-state index in [0.29, 0.717) is 0 Å². The van der Waals surface area contributed by atoms with Crippen LogP contribution in [0.4, 0.5) is 13.2 Å². The Hall–Kier alpha value is -0.0500. The minimum atomic E-state index is -4.58. The second-order valence-corrected chi connectivity index (χ2v) is 5.38. The van der Waals surface area contributed by atoms with Gasteiger partial charge < -0.3 is 0 Å². The van der Waals surface area contributed by atoms with Gasteiger partial charge >= 0.3 is 6.18 Å². The van der Waals surface area contributed by atoms with E-state index in [9.17, 15) is 13.2 Å². The van der Waals surface area contributed by atoms with Gasteiger partial charge in [0.15, 0.2) is 0 Å². The summed E-state index contributed by atoms with van der Waals surface area (Å²) in [6, 6.07) is 0.818. The van der Waals surface area contributed by atoms with Crippen molar-refractivity contribution in [2.75, 3.05) is 0 Å². The molecule has 9 heteroatoms. The lowest BCUT2D eigenvalue weighted by molar-refractivity contribution is -0.137. The monoisotopic (exact) mass is 426 g/mol. The first-order valence-corrected chi connectivity index (χ1v) is 6.51.